The molecule has 126 valence electrons. The highest BCUT2D eigenvalue weighted by Crippen LogP contribution is 2.29. The lowest BCUT2D eigenvalue weighted by molar-refractivity contribution is 0.201. The van der Waals surface area contributed by atoms with Gasteiger partial charge in [-0.05, 0) is 45.0 Å². The van der Waals surface area contributed by atoms with Crippen LogP contribution in [0.2, 0.25) is 0 Å². The van der Waals surface area contributed by atoms with Crippen molar-refractivity contribution in [3.63, 3.8) is 0 Å². The van der Waals surface area contributed by atoms with Gasteiger partial charge in [-0.15, -0.1) is 33.9 Å². The van der Waals surface area contributed by atoms with Gasteiger partial charge in [0.05, 0.1) is 6.54 Å². The van der Waals surface area contributed by atoms with Gasteiger partial charge in [-0.25, -0.2) is 0 Å². The van der Waals surface area contributed by atoms with E-state index in [2.05, 4.69) is 44.0 Å². The quantitative estimate of drug-likeness (QED) is 0.921. The zero-order chi connectivity index (χ0) is 14.9. The molecular formula is C16H24ClN5S. The van der Waals surface area contributed by atoms with E-state index in [0.29, 0.717) is 5.92 Å². The summed E-state index contributed by atoms with van der Waals surface area (Å²) >= 11 is 1.92. The minimum absolute atomic E-state index is 0. The molecule has 4 rings (SSSR count). The number of aromatic nitrogens is 3. The van der Waals surface area contributed by atoms with Crippen LogP contribution >= 0.6 is 23.7 Å². The molecule has 0 radical (unpaired) electrons. The second kappa shape index (κ2) is 7.30. The van der Waals surface area contributed by atoms with Crippen LogP contribution in [0.3, 0.4) is 0 Å². The highest BCUT2D eigenvalue weighted by molar-refractivity contribution is 7.11. The van der Waals surface area contributed by atoms with Crippen LogP contribution in [0.4, 0.5) is 0 Å². The standard InChI is InChI=1S/C16H23N5S.ClH/c1-12-2-3-14(22-12)11-20-7-4-13(5-8-20)16-19-18-15-10-17-6-9-21(15)16;/h2-3,13,17H,4-11H2,1H3;1H. The Kier molecular flexibility index (Phi) is 5.36. The van der Waals surface area contributed by atoms with Crippen molar-refractivity contribution in [2.24, 2.45) is 0 Å². The molecule has 2 aliphatic rings. The Balaban J connectivity index is 0.00000156. The first-order valence-corrected chi connectivity index (χ1v) is 9.01. The van der Waals surface area contributed by atoms with Gasteiger partial charge in [0.25, 0.3) is 0 Å². The van der Waals surface area contributed by atoms with Crippen LogP contribution in [0, 0.1) is 6.92 Å². The number of rotatable bonds is 3. The molecule has 1 saturated heterocycles. The Hall–Kier alpha value is -0.950. The number of halogens is 1. The maximum atomic E-state index is 4.49. The Morgan fingerprint density at radius 2 is 2.04 bits per heavy atom. The summed E-state index contributed by atoms with van der Waals surface area (Å²) in [5.41, 5.74) is 0. The summed E-state index contributed by atoms with van der Waals surface area (Å²) in [6.07, 6.45) is 2.41. The first kappa shape index (κ1) is 16.9. The third-order valence-corrected chi connectivity index (χ3v) is 5.76. The Bertz CT molecular complexity index is 645. The zero-order valence-electron chi connectivity index (χ0n) is 13.5. The molecule has 0 saturated carbocycles. The van der Waals surface area contributed by atoms with Gasteiger partial charge >= 0.3 is 0 Å². The molecular weight excluding hydrogens is 330 g/mol. The highest BCUT2D eigenvalue weighted by atomic mass is 35.5. The molecule has 2 aromatic heterocycles. The van der Waals surface area contributed by atoms with Crippen molar-refractivity contribution in [3.05, 3.63) is 33.5 Å². The molecule has 0 aliphatic carbocycles. The number of thiophene rings is 1. The van der Waals surface area contributed by atoms with Crippen LogP contribution in [0.5, 0.6) is 0 Å². The lowest BCUT2D eigenvalue weighted by Crippen LogP contribution is -2.34. The van der Waals surface area contributed by atoms with E-state index in [1.165, 1.54) is 41.5 Å². The summed E-state index contributed by atoms with van der Waals surface area (Å²) in [4.78, 5) is 5.48. The topological polar surface area (TPSA) is 46.0 Å². The molecule has 1 N–H and O–H groups in total. The van der Waals surface area contributed by atoms with Crippen molar-refractivity contribution in [3.8, 4) is 0 Å². The van der Waals surface area contributed by atoms with Gasteiger partial charge in [-0.3, -0.25) is 4.90 Å². The van der Waals surface area contributed by atoms with Crippen LogP contribution in [0.25, 0.3) is 0 Å². The monoisotopic (exact) mass is 353 g/mol. The molecule has 0 bridgehead atoms. The maximum absolute atomic E-state index is 4.49. The molecule has 0 atom stereocenters. The van der Waals surface area contributed by atoms with E-state index in [9.17, 15) is 0 Å². The first-order valence-electron chi connectivity index (χ1n) is 8.20. The summed E-state index contributed by atoms with van der Waals surface area (Å²) in [7, 11) is 0. The molecule has 1 fully saturated rings. The van der Waals surface area contributed by atoms with Gasteiger partial charge in [0.1, 0.15) is 11.6 Å². The van der Waals surface area contributed by atoms with Gasteiger partial charge in [-0.2, -0.15) is 0 Å². The Labute approximate surface area is 147 Å². The minimum Gasteiger partial charge on any atom is -0.312 e. The molecule has 4 heterocycles. The van der Waals surface area contributed by atoms with Gasteiger partial charge in [0.2, 0.25) is 0 Å². The van der Waals surface area contributed by atoms with E-state index in [-0.39, 0.29) is 12.4 Å². The second-order valence-electron chi connectivity index (χ2n) is 6.37. The Morgan fingerprint density at radius 3 is 2.78 bits per heavy atom. The molecule has 2 aliphatic heterocycles. The van der Waals surface area contributed by atoms with Crippen molar-refractivity contribution >= 4 is 23.7 Å². The van der Waals surface area contributed by atoms with E-state index in [1.54, 1.807) is 0 Å². The summed E-state index contributed by atoms with van der Waals surface area (Å²) < 4.78 is 2.35. The van der Waals surface area contributed by atoms with E-state index >= 15 is 0 Å². The van der Waals surface area contributed by atoms with Crippen LogP contribution in [0.15, 0.2) is 12.1 Å². The van der Waals surface area contributed by atoms with Crippen LogP contribution < -0.4 is 5.32 Å². The van der Waals surface area contributed by atoms with Crippen molar-refractivity contribution in [1.29, 1.82) is 0 Å². The first-order chi connectivity index (χ1) is 10.8. The summed E-state index contributed by atoms with van der Waals surface area (Å²) in [6.45, 7) is 8.55. The molecule has 0 unspecified atom stereocenters. The van der Waals surface area contributed by atoms with Crippen LogP contribution in [-0.2, 0) is 19.6 Å². The molecule has 0 spiro atoms. The molecule has 5 nitrogen and oxygen atoms in total. The largest absolute Gasteiger partial charge is 0.312 e. The van der Waals surface area contributed by atoms with E-state index in [1.807, 2.05) is 11.3 Å². The number of nitrogens with zero attached hydrogens (tertiary/aromatic N) is 4. The van der Waals surface area contributed by atoms with E-state index in [0.717, 1.165) is 32.0 Å². The predicted octanol–water partition coefficient (Wildman–Crippen LogP) is 2.55. The number of aryl methyl sites for hydroxylation is 1. The average molecular weight is 354 g/mol. The van der Waals surface area contributed by atoms with Gasteiger partial charge < -0.3 is 9.88 Å². The number of fused-ring (bicyclic) bond motifs is 1. The number of likely N-dealkylation sites (tertiary alicyclic amines) is 1. The predicted molar refractivity (Wildman–Crippen MR) is 95.3 cm³/mol. The summed E-state index contributed by atoms with van der Waals surface area (Å²) in [5, 5.41) is 12.2. The van der Waals surface area contributed by atoms with E-state index < -0.39 is 0 Å². The minimum atomic E-state index is 0. The zero-order valence-corrected chi connectivity index (χ0v) is 15.1. The van der Waals surface area contributed by atoms with Crippen molar-refractivity contribution in [1.82, 2.24) is 25.0 Å². The second-order valence-corrected chi connectivity index (χ2v) is 7.74. The van der Waals surface area contributed by atoms with Crippen LogP contribution in [-0.4, -0.2) is 39.3 Å². The molecule has 23 heavy (non-hydrogen) atoms. The fraction of sp³-hybridized carbons (Fsp3) is 0.625. The average Bonchev–Trinajstić information content (AvgIpc) is 3.14. The van der Waals surface area contributed by atoms with Crippen molar-refractivity contribution in [2.75, 3.05) is 19.6 Å². The van der Waals surface area contributed by atoms with E-state index in [4.69, 9.17) is 0 Å². The SMILES string of the molecule is Cc1ccc(CN2CCC(c3nnc4n3CCNC4)CC2)s1.Cl. The highest BCUT2D eigenvalue weighted by Gasteiger charge is 2.27. The fourth-order valence-electron chi connectivity index (χ4n) is 3.56. The third-order valence-electron chi connectivity index (χ3n) is 4.78. The maximum Gasteiger partial charge on any atom is 0.147 e. The van der Waals surface area contributed by atoms with Crippen LogP contribution in [0.1, 0.15) is 40.2 Å². The van der Waals surface area contributed by atoms with Crippen molar-refractivity contribution < 1.29 is 0 Å². The lowest BCUT2D eigenvalue weighted by Gasteiger charge is -2.31. The van der Waals surface area contributed by atoms with Gasteiger partial charge in [-0.1, -0.05) is 0 Å². The smallest absolute Gasteiger partial charge is 0.147 e. The van der Waals surface area contributed by atoms with Gasteiger partial charge in [0, 0.05) is 35.3 Å². The normalized spacial score (nSPS) is 19.3. The van der Waals surface area contributed by atoms with Crippen molar-refractivity contribution in [2.45, 2.75) is 45.3 Å². The fourth-order valence-corrected chi connectivity index (χ4v) is 4.49. The van der Waals surface area contributed by atoms with Gasteiger partial charge in [0.15, 0.2) is 0 Å². The molecule has 0 aromatic carbocycles. The summed E-state index contributed by atoms with van der Waals surface area (Å²) in [5.74, 6) is 2.92. The third kappa shape index (κ3) is 3.60. The number of piperidine rings is 1. The molecule has 2 aromatic rings. The molecule has 0 amide bonds. The Morgan fingerprint density at radius 1 is 1.22 bits per heavy atom. The molecule has 7 heteroatoms. The number of hydrogen-bond acceptors (Lipinski definition) is 5. The lowest BCUT2D eigenvalue weighted by atomic mass is 9.95. The number of hydrogen-bond donors (Lipinski definition) is 1. The summed E-state index contributed by atoms with van der Waals surface area (Å²) in [6, 6.07) is 4.50. The number of nitrogens with one attached hydrogen (secondary N) is 1.